The number of rotatable bonds is 5. The molecule has 0 saturated carbocycles. The summed E-state index contributed by atoms with van der Waals surface area (Å²) in [4.78, 5) is 35.6. The minimum Gasteiger partial charge on any atom is -0.491 e. The fourth-order valence-electron chi connectivity index (χ4n) is 2.91. The number of fused-ring (bicyclic) bond motifs is 1. The smallest absolute Gasteiger partial charge is 0.416 e. The van der Waals surface area contributed by atoms with E-state index in [0.717, 1.165) is 6.07 Å². The lowest BCUT2D eigenvalue weighted by Crippen LogP contribution is -2.25. The van der Waals surface area contributed by atoms with Crippen molar-refractivity contribution in [3.8, 4) is 5.75 Å². The van der Waals surface area contributed by atoms with Crippen molar-refractivity contribution < 1.29 is 32.3 Å². The van der Waals surface area contributed by atoms with E-state index in [2.05, 4.69) is 10.6 Å². The Bertz CT molecular complexity index is 1000. The van der Waals surface area contributed by atoms with Crippen LogP contribution in [0.2, 0.25) is 0 Å². The van der Waals surface area contributed by atoms with Crippen molar-refractivity contribution in [1.29, 1.82) is 0 Å². The third-order valence-electron chi connectivity index (χ3n) is 4.20. The van der Waals surface area contributed by atoms with Gasteiger partial charge < -0.3 is 10.1 Å². The van der Waals surface area contributed by atoms with Crippen molar-refractivity contribution >= 4 is 17.7 Å². The number of halogens is 3. The molecule has 152 valence electrons. The van der Waals surface area contributed by atoms with Gasteiger partial charge in [-0.25, -0.2) is 0 Å². The fourth-order valence-corrected chi connectivity index (χ4v) is 2.91. The summed E-state index contributed by atoms with van der Waals surface area (Å²) in [6, 6.07) is 7.43. The number of alkyl halides is 3. The van der Waals surface area contributed by atoms with Gasteiger partial charge in [0, 0.05) is 12.1 Å². The standard InChI is InChI=1S/C20H17F3N2O4/c1-10(2)29-13-5-3-12(16(8-13)20(21,22)23)9-24-17(26)11-4-6-14-15(7-11)19(28)25-18(14)27/h3-8,10H,9H2,1-2H3,(H,24,26)(H,25,27,28). The first-order chi connectivity index (χ1) is 13.6. The molecule has 0 saturated heterocycles. The molecule has 3 rings (SSSR count). The zero-order valence-corrected chi connectivity index (χ0v) is 15.5. The van der Waals surface area contributed by atoms with E-state index in [-0.39, 0.29) is 40.7 Å². The number of benzene rings is 2. The van der Waals surface area contributed by atoms with Crippen LogP contribution >= 0.6 is 0 Å². The second-order valence-electron chi connectivity index (χ2n) is 6.71. The van der Waals surface area contributed by atoms with Crippen LogP contribution in [0, 0.1) is 0 Å². The Morgan fingerprint density at radius 1 is 1.07 bits per heavy atom. The third kappa shape index (κ3) is 4.39. The molecule has 1 aliphatic rings. The van der Waals surface area contributed by atoms with E-state index in [1.807, 2.05) is 0 Å². The van der Waals surface area contributed by atoms with Gasteiger partial charge in [-0.2, -0.15) is 13.2 Å². The summed E-state index contributed by atoms with van der Waals surface area (Å²) in [5.74, 6) is -1.78. The molecule has 0 bridgehead atoms. The Kier molecular flexibility index (Phi) is 5.32. The van der Waals surface area contributed by atoms with Crippen molar-refractivity contribution in [3.63, 3.8) is 0 Å². The molecule has 29 heavy (non-hydrogen) atoms. The van der Waals surface area contributed by atoms with Crippen LogP contribution in [-0.4, -0.2) is 23.8 Å². The summed E-state index contributed by atoms with van der Waals surface area (Å²) in [6.45, 7) is 3.02. The number of amides is 3. The van der Waals surface area contributed by atoms with Crippen LogP contribution in [0.1, 0.15) is 56.0 Å². The van der Waals surface area contributed by atoms with E-state index < -0.39 is 29.5 Å². The largest absolute Gasteiger partial charge is 0.491 e. The highest BCUT2D eigenvalue weighted by Crippen LogP contribution is 2.34. The maximum absolute atomic E-state index is 13.4. The average Bonchev–Trinajstić information content (AvgIpc) is 2.92. The SMILES string of the molecule is CC(C)Oc1ccc(CNC(=O)c2ccc3c(c2)C(=O)NC3=O)c(C(F)(F)F)c1. The Morgan fingerprint density at radius 3 is 2.41 bits per heavy atom. The van der Waals surface area contributed by atoms with Crippen molar-refractivity contribution in [2.45, 2.75) is 32.7 Å². The van der Waals surface area contributed by atoms with Crippen LogP contribution in [0.25, 0.3) is 0 Å². The van der Waals surface area contributed by atoms with E-state index in [9.17, 15) is 27.6 Å². The molecule has 0 unspecified atom stereocenters. The molecule has 1 aliphatic heterocycles. The summed E-state index contributed by atoms with van der Waals surface area (Å²) < 4.78 is 45.5. The zero-order valence-electron chi connectivity index (χ0n) is 15.5. The maximum atomic E-state index is 13.4. The average molecular weight is 406 g/mol. The molecular formula is C20H17F3N2O4. The monoisotopic (exact) mass is 406 g/mol. The van der Waals surface area contributed by atoms with Crippen LogP contribution in [0.4, 0.5) is 13.2 Å². The van der Waals surface area contributed by atoms with E-state index in [4.69, 9.17) is 4.74 Å². The van der Waals surface area contributed by atoms with E-state index >= 15 is 0 Å². The minimum absolute atomic E-state index is 0.0498. The first-order valence-corrected chi connectivity index (χ1v) is 8.71. The van der Waals surface area contributed by atoms with Gasteiger partial charge in [-0.3, -0.25) is 19.7 Å². The predicted molar refractivity (Wildman–Crippen MR) is 96.6 cm³/mol. The first-order valence-electron chi connectivity index (χ1n) is 8.71. The van der Waals surface area contributed by atoms with Gasteiger partial charge in [0.2, 0.25) is 0 Å². The number of hydrogen-bond acceptors (Lipinski definition) is 4. The summed E-state index contributed by atoms with van der Waals surface area (Å²) in [7, 11) is 0. The zero-order chi connectivity index (χ0) is 21.3. The van der Waals surface area contributed by atoms with Crippen LogP contribution in [0.3, 0.4) is 0 Å². The molecule has 2 aromatic rings. The molecule has 0 spiro atoms. The molecule has 6 nitrogen and oxygen atoms in total. The summed E-state index contributed by atoms with van der Waals surface area (Å²) in [6.07, 6.45) is -4.91. The van der Waals surface area contributed by atoms with E-state index in [1.165, 1.54) is 30.3 Å². The van der Waals surface area contributed by atoms with Gasteiger partial charge in [-0.15, -0.1) is 0 Å². The molecular weight excluding hydrogens is 389 g/mol. The highest BCUT2D eigenvalue weighted by molar-refractivity contribution is 6.22. The fraction of sp³-hybridized carbons (Fsp3) is 0.250. The molecule has 1 heterocycles. The lowest BCUT2D eigenvalue weighted by atomic mass is 10.0. The summed E-state index contributed by atoms with van der Waals surface area (Å²) >= 11 is 0. The number of hydrogen-bond donors (Lipinski definition) is 2. The Hall–Kier alpha value is -3.36. The van der Waals surface area contributed by atoms with Crippen molar-refractivity contribution in [1.82, 2.24) is 10.6 Å². The molecule has 0 aromatic heterocycles. The van der Waals surface area contributed by atoms with Crippen LogP contribution in [0.5, 0.6) is 5.75 Å². The van der Waals surface area contributed by atoms with Crippen LogP contribution < -0.4 is 15.4 Å². The van der Waals surface area contributed by atoms with Crippen molar-refractivity contribution in [3.05, 3.63) is 64.2 Å². The lowest BCUT2D eigenvalue weighted by molar-refractivity contribution is -0.138. The molecule has 2 N–H and O–H groups in total. The first kappa shape index (κ1) is 20.4. The Balaban J connectivity index is 1.79. The maximum Gasteiger partial charge on any atom is 0.416 e. The highest BCUT2D eigenvalue weighted by atomic mass is 19.4. The number of carbonyl (C=O) groups excluding carboxylic acids is 3. The normalized spacial score (nSPS) is 13.3. The topological polar surface area (TPSA) is 84.5 Å². The van der Waals surface area contributed by atoms with Crippen LogP contribution in [-0.2, 0) is 12.7 Å². The van der Waals surface area contributed by atoms with Crippen LogP contribution in [0.15, 0.2) is 36.4 Å². The molecule has 0 fully saturated rings. The molecule has 2 aromatic carbocycles. The van der Waals surface area contributed by atoms with Gasteiger partial charge in [0.05, 0.1) is 22.8 Å². The van der Waals surface area contributed by atoms with Gasteiger partial charge in [0.25, 0.3) is 17.7 Å². The molecule has 0 atom stereocenters. The van der Waals surface area contributed by atoms with Gasteiger partial charge in [-0.05, 0) is 49.7 Å². The quantitative estimate of drug-likeness (QED) is 0.747. The molecule has 0 aliphatic carbocycles. The second-order valence-corrected chi connectivity index (χ2v) is 6.71. The number of ether oxygens (including phenoxy) is 1. The van der Waals surface area contributed by atoms with Gasteiger partial charge in [0.15, 0.2) is 0 Å². The van der Waals surface area contributed by atoms with E-state index in [1.54, 1.807) is 13.8 Å². The third-order valence-corrected chi connectivity index (χ3v) is 4.20. The molecule has 3 amide bonds. The van der Waals surface area contributed by atoms with Gasteiger partial charge in [0.1, 0.15) is 5.75 Å². The number of nitrogens with one attached hydrogen (secondary N) is 2. The molecule has 9 heteroatoms. The minimum atomic E-state index is -4.62. The number of carbonyl (C=O) groups is 3. The van der Waals surface area contributed by atoms with Crippen molar-refractivity contribution in [2.75, 3.05) is 0 Å². The Morgan fingerprint density at radius 2 is 1.76 bits per heavy atom. The molecule has 0 radical (unpaired) electrons. The van der Waals surface area contributed by atoms with Crippen molar-refractivity contribution in [2.24, 2.45) is 0 Å². The van der Waals surface area contributed by atoms with Gasteiger partial charge >= 0.3 is 6.18 Å². The Labute approximate surface area is 164 Å². The van der Waals surface area contributed by atoms with E-state index in [0.29, 0.717) is 0 Å². The number of imide groups is 1. The summed E-state index contributed by atoms with van der Waals surface area (Å²) in [5, 5.41) is 4.51. The summed E-state index contributed by atoms with van der Waals surface area (Å²) in [5.41, 5.74) is -0.784. The lowest BCUT2D eigenvalue weighted by Gasteiger charge is -2.17. The highest BCUT2D eigenvalue weighted by Gasteiger charge is 2.34. The van der Waals surface area contributed by atoms with Gasteiger partial charge in [-0.1, -0.05) is 6.07 Å². The second kappa shape index (κ2) is 7.57. The predicted octanol–water partition coefficient (Wildman–Crippen LogP) is 3.31.